The first kappa shape index (κ1) is 14.0. The molecule has 0 fully saturated rings. The highest BCUT2D eigenvalue weighted by Gasteiger charge is 2.08. The standard InChI is InChI=1S/C17H17N5/c1-21(2)13-19-15-8-10-16(11-9-15)22-17(18-12-20-22)14-6-4-3-5-7-14/h3-13H,1-2H3/b19-13+. The quantitative estimate of drug-likeness (QED) is 0.548. The molecule has 0 atom stereocenters. The minimum absolute atomic E-state index is 0.824. The Labute approximate surface area is 129 Å². The number of hydrogen-bond acceptors (Lipinski definition) is 3. The molecule has 0 aliphatic heterocycles. The van der Waals surface area contributed by atoms with Gasteiger partial charge in [0.1, 0.15) is 6.33 Å². The fourth-order valence-corrected chi connectivity index (χ4v) is 2.08. The lowest BCUT2D eigenvalue weighted by atomic mass is 10.2. The summed E-state index contributed by atoms with van der Waals surface area (Å²) in [5.74, 6) is 0.824. The average molecular weight is 291 g/mol. The topological polar surface area (TPSA) is 46.3 Å². The van der Waals surface area contributed by atoms with E-state index in [1.54, 1.807) is 12.7 Å². The van der Waals surface area contributed by atoms with Crippen LogP contribution in [0.3, 0.4) is 0 Å². The molecule has 2 aromatic carbocycles. The third kappa shape index (κ3) is 3.03. The summed E-state index contributed by atoms with van der Waals surface area (Å²) in [6.07, 6.45) is 3.35. The number of hydrogen-bond donors (Lipinski definition) is 0. The lowest BCUT2D eigenvalue weighted by molar-refractivity contribution is 0.643. The molecule has 0 spiro atoms. The van der Waals surface area contributed by atoms with Crippen LogP contribution in [-0.4, -0.2) is 40.1 Å². The van der Waals surface area contributed by atoms with Crippen LogP contribution in [0.5, 0.6) is 0 Å². The second kappa shape index (κ2) is 6.22. The zero-order valence-electron chi connectivity index (χ0n) is 12.6. The largest absolute Gasteiger partial charge is 0.369 e. The van der Waals surface area contributed by atoms with Gasteiger partial charge in [-0.25, -0.2) is 14.7 Å². The Hall–Kier alpha value is -2.95. The normalized spacial score (nSPS) is 11.0. The first-order chi connectivity index (χ1) is 10.7. The van der Waals surface area contributed by atoms with Gasteiger partial charge < -0.3 is 4.90 Å². The van der Waals surface area contributed by atoms with E-state index in [1.807, 2.05) is 78.3 Å². The van der Waals surface area contributed by atoms with Crippen LogP contribution in [-0.2, 0) is 0 Å². The summed E-state index contributed by atoms with van der Waals surface area (Å²) >= 11 is 0. The summed E-state index contributed by atoms with van der Waals surface area (Å²) in [6, 6.07) is 17.9. The molecule has 0 saturated heterocycles. The third-order valence-corrected chi connectivity index (χ3v) is 3.11. The molecule has 1 heterocycles. The van der Waals surface area contributed by atoms with E-state index in [-0.39, 0.29) is 0 Å². The van der Waals surface area contributed by atoms with Crippen LogP contribution in [0.15, 0.2) is 65.9 Å². The Balaban J connectivity index is 1.91. The zero-order valence-corrected chi connectivity index (χ0v) is 12.6. The van der Waals surface area contributed by atoms with Crippen LogP contribution in [0, 0.1) is 0 Å². The zero-order chi connectivity index (χ0) is 15.4. The van der Waals surface area contributed by atoms with Crippen molar-refractivity contribution in [2.24, 2.45) is 4.99 Å². The first-order valence-corrected chi connectivity index (χ1v) is 7.00. The SMILES string of the molecule is CN(C)/C=N/c1ccc(-n2ncnc2-c2ccccc2)cc1. The van der Waals surface area contributed by atoms with Crippen molar-refractivity contribution in [1.29, 1.82) is 0 Å². The Morgan fingerprint density at radius 1 is 1.00 bits per heavy atom. The molecule has 0 unspecified atom stereocenters. The number of rotatable bonds is 4. The van der Waals surface area contributed by atoms with E-state index in [2.05, 4.69) is 15.1 Å². The molecule has 0 bridgehead atoms. The Morgan fingerprint density at radius 2 is 1.73 bits per heavy atom. The van der Waals surface area contributed by atoms with Crippen LogP contribution >= 0.6 is 0 Å². The van der Waals surface area contributed by atoms with Gasteiger partial charge in [-0.05, 0) is 24.3 Å². The van der Waals surface area contributed by atoms with E-state index in [1.165, 1.54) is 0 Å². The van der Waals surface area contributed by atoms with Crippen LogP contribution in [0.25, 0.3) is 17.1 Å². The van der Waals surface area contributed by atoms with Gasteiger partial charge in [0.25, 0.3) is 0 Å². The van der Waals surface area contributed by atoms with Crippen molar-refractivity contribution >= 4 is 12.0 Å². The highest BCUT2D eigenvalue weighted by atomic mass is 15.3. The summed E-state index contributed by atoms with van der Waals surface area (Å²) < 4.78 is 1.83. The van der Waals surface area contributed by atoms with Gasteiger partial charge in [-0.2, -0.15) is 5.10 Å². The Kier molecular flexibility index (Phi) is 3.96. The fourth-order valence-electron chi connectivity index (χ4n) is 2.08. The molecule has 0 aliphatic carbocycles. The van der Waals surface area contributed by atoms with Crippen molar-refractivity contribution in [3.63, 3.8) is 0 Å². The third-order valence-electron chi connectivity index (χ3n) is 3.11. The summed E-state index contributed by atoms with van der Waals surface area (Å²) in [5.41, 5.74) is 2.90. The Morgan fingerprint density at radius 3 is 2.41 bits per heavy atom. The summed E-state index contributed by atoms with van der Waals surface area (Å²) in [7, 11) is 3.89. The van der Waals surface area contributed by atoms with E-state index < -0.39 is 0 Å². The summed E-state index contributed by atoms with van der Waals surface area (Å²) in [6.45, 7) is 0. The molecule has 0 N–H and O–H groups in total. The molecular weight excluding hydrogens is 274 g/mol. The minimum atomic E-state index is 0.824. The first-order valence-electron chi connectivity index (χ1n) is 7.00. The average Bonchev–Trinajstić information content (AvgIpc) is 3.04. The lowest BCUT2D eigenvalue weighted by Gasteiger charge is -2.07. The smallest absolute Gasteiger partial charge is 0.163 e. The van der Waals surface area contributed by atoms with Gasteiger partial charge in [0.15, 0.2) is 5.82 Å². The van der Waals surface area contributed by atoms with E-state index in [0.29, 0.717) is 0 Å². The fraction of sp³-hybridized carbons (Fsp3) is 0.118. The summed E-state index contributed by atoms with van der Waals surface area (Å²) in [5, 5.41) is 4.33. The van der Waals surface area contributed by atoms with Crippen molar-refractivity contribution in [3.05, 3.63) is 60.9 Å². The molecule has 5 heteroatoms. The molecule has 5 nitrogen and oxygen atoms in total. The second-order valence-corrected chi connectivity index (χ2v) is 5.09. The second-order valence-electron chi connectivity index (χ2n) is 5.09. The number of aliphatic imine (C=N–C) groups is 1. The van der Waals surface area contributed by atoms with Crippen molar-refractivity contribution < 1.29 is 0 Å². The number of nitrogens with zero attached hydrogens (tertiary/aromatic N) is 5. The predicted molar refractivity (Wildman–Crippen MR) is 88.6 cm³/mol. The van der Waals surface area contributed by atoms with Gasteiger partial charge in [-0.15, -0.1) is 0 Å². The molecule has 3 aromatic rings. The van der Waals surface area contributed by atoms with Crippen molar-refractivity contribution in [2.45, 2.75) is 0 Å². The molecule has 22 heavy (non-hydrogen) atoms. The van der Waals surface area contributed by atoms with E-state index in [0.717, 1.165) is 22.8 Å². The molecule has 0 radical (unpaired) electrons. The van der Waals surface area contributed by atoms with E-state index in [4.69, 9.17) is 0 Å². The molecule has 1 aromatic heterocycles. The molecule has 3 rings (SSSR count). The van der Waals surface area contributed by atoms with Crippen molar-refractivity contribution in [3.8, 4) is 17.1 Å². The van der Waals surface area contributed by atoms with Gasteiger partial charge >= 0.3 is 0 Å². The van der Waals surface area contributed by atoms with E-state index in [9.17, 15) is 0 Å². The maximum atomic E-state index is 4.36. The predicted octanol–water partition coefficient (Wildman–Crippen LogP) is 3.16. The number of aromatic nitrogens is 3. The molecule has 0 saturated carbocycles. The monoisotopic (exact) mass is 291 g/mol. The molecule has 110 valence electrons. The van der Waals surface area contributed by atoms with Crippen molar-refractivity contribution in [1.82, 2.24) is 19.7 Å². The van der Waals surface area contributed by atoms with Crippen LogP contribution in [0.2, 0.25) is 0 Å². The number of benzene rings is 2. The van der Waals surface area contributed by atoms with E-state index >= 15 is 0 Å². The molecule has 0 aliphatic rings. The van der Waals surface area contributed by atoms with Gasteiger partial charge in [0.2, 0.25) is 0 Å². The van der Waals surface area contributed by atoms with Gasteiger partial charge in [-0.3, -0.25) is 0 Å². The molecular formula is C17H17N5. The molecule has 0 amide bonds. The highest BCUT2D eigenvalue weighted by molar-refractivity contribution is 5.62. The highest BCUT2D eigenvalue weighted by Crippen LogP contribution is 2.21. The lowest BCUT2D eigenvalue weighted by Crippen LogP contribution is -2.06. The van der Waals surface area contributed by atoms with Gasteiger partial charge in [0.05, 0.1) is 17.7 Å². The minimum Gasteiger partial charge on any atom is -0.369 e. The maximum absolute atomic E-state index is 4.36. The van der Waals surface area contributed by atoms with Crippen LogP contribution in [0.4, 0.5) is 5.69 Å². The van der Waals surface area contributed by atoms with Gasteiger partial charge in [-0.1, -0.05) is 30.3 Å². The van der Waals surface area contributed by atoms with Crippen LogP contribution in [0.1, 0.15) is 0 Å². The van der Waals surface area contributed by atoms with Crippen molar-refractivity contribution in [2.75, 3.05) is 14.1 Å². The Bertz CT molecular complexity index is 757. The van der Waals surface area contributed by atoms with Gasteiger partial charge in [0, 0.05) is 19.7 Å². The summed E-state index contributed by atoms with van der Waals surface area (Å²) in [4.78, 5) is 10.6. The maximum Gasteiger partial charge on any atom is 0.163 e. The van der Waals surface area contributed by atoms with Crippen LogP contribution < -0.4 is 0 Å².